The molecule has 5 nitrogen and oxygen atoms in total. The summed E-state index contributed by atoms with van der Waals surface area (Å²) in [5.74, 6) is 0. The lowest BCUT2D eigenvalue weighted by atomic mass is 10.1. The van der Waals surface area contributed by atoms with E-state index in [1.54, 1.807) is 10.4 Å². The van der Waals surface area contributed by atoms with Crippen molar-refractivity contribution in [1.29, 1.82) is 0 Å². The molecule has 1 N–H and O–H groups in total. The highest BCUT2D eigenvalue weighted by molar-refractivity contribution is 7.89. The van der Waals surface area contributed by atoms with E-state index in [0.29, 0.717) is 24.5 Å². The molecule has 21 heavy (non-hydrogen) atoms. The summed E-state index contributed by atoms with van der Waals surface area (Å²) in [6.07, 6.45) is 0. The fourth-order valence-corrected chi connectivity index (χ4v) is 4.47. The molecule has 1 aromatic carbocycles. The molecule has 1 aliphatic rings. The summed E-state index contributed by atoms with van der Waals surface area (Å²) in [6, 6.07) is 5.75. The third-order valence-electron chi connectivity index (χ3n) is 4.30. The molecule has 1 aromatic rings. The highest BCUT2D eigenvalue weighted by Gasteiger charge is 2.31. The molecule has 0 saturated carbocycles. The maximum absolute atomic E-state index is 12.9. The average molecular weight is 311 g/mol. The molecule has 1 atom stereocenters. The molecule has 2 rings (SSSR count). The first-order valence-corrected chi connectivity index (χ1v) is 8.75. The summed E-state index contributed by atoms with van der Waals surface area (Å²) >= 11 is 0. The number of benzene rings is 1. The monoisotopic (exact) mass is 311 g/mol. The predicted molar refractivity (Wildman–Crippen MR) is 84.8 cm³/mol. The van der Waals surface area contributed by atoms with E-state index < -0.39 is 10.0 Å². The zero-order valence-corrected chi connectivity index (χ0v) is 14.1. The average Bonchev–Trinajstić information content (AvgIpc) is 2.44. The Kier molecular flexibility index (Phi) is 5.03. The number of hydrogen-bond donors (Lipinski definition) is 1. The van der Waals surface area contributed by atoms with E-state index in [-0.39, 0.29) is 6.04 Å². The first-order chi connectivity index (χ1) is 9.87. The molecule has 0 aliphatic carbocycles. The molecule has 0 aromatic heterocycles. The normalized spacial score (nSPS) is 21.6. The molecule has 0 bridgehead atoms. The van der Waals surface area contributed by atoms with Crippen LogP contribution >= 0.6 is 0 Å². The van der Waals surface area contributed by atoms with Gasteiger partial charge in [-0.25, -0.2) is 8.42 Å². The van der Waals surface area contributed by atoms with Crippen molar-refractivity contribution in [2.45, 2.75) is 31.3 Å². The van der Waals surface area contributed by atoms with Crippen LogP contribution in [-0.4, -0.2) is 57.4 Å². The van der Waals surface area contributed by atoms with Crippen LogP contribution in [0, 0.1) is 6.92 Å². The van der Waals surface area contributed by atoms with Crippen LogP contribution in [0.4, 0.5) is 0 Å². The van der Waals surface area contributed by atoms with Crippen LogP contribution in [0.1, 0.15) is 18.1 Å². The number of likely N-dealkylation sites (N-methyl/N-ethyl adjacent to an activating group) is 1. The molecule has 1 aliphatic heterocycles. The summed E-state index contributed by atoms with van der Waals surface area (Å²) in [7, 11) is 0.488. The first-order valence-electron chi connectivity index (χ1n) is 7.31. The summed E-state index contributed by atoms with van der Waals surface area (Å²) in [6.45, 7) is 6.50. The minimum Gasteiger partial charge on any atom is -0.316 e. The Morgan fingerprint density at radius 1 is 1.33 bits per heavy atom. The number of nitrogens with zero attached hydrogens (tertiary/aromatic N) is 2. The molecule has 1 heterocycles. The lowest BCUT2D eigenvalue weighted by Crippen LogP contribution is -2.51. The molecule has 0 amide bonds. The second kappa shape index (κ2) is 6.44. The van der Waals surface area contributed by atoms with E-state index in [9.17, 15) is 8.42 Å². The molecular weight excluding hydrogens is 286 g/mol. The van der Waals surface area contributed by atoms with Crippen molar-refractivity contribution in [1.82, 2.24) is 14.5 Å². The van der Waals surface area contributed by atoms with Crippen molar-refractivity contribution in [3.05, 3.63) is 29.3 Å². The molecule has 0 spiro atoms. The van der Waals surface area contributed by atoms with Gasteiger partial charge in [-0.2, -0.15) is 4.31 Å². The number of sulfonamides is 1. The molecule has 1 unspecified atom stereocenters. The van der Waals surface area contributed by atoms with Gasteiger partial charge >= 0.3 is 0 Å². The van der Waals surface area contributed by atoms with Crippen molar-refractivity contribution < 1.29 is 8.42 Å². The van der Waals surface area contributed by atoms with Crippen LogP contribution in [0.25, 0.3) is 0 Å². The van der Waals surface area contributed by atoms with E-state index in [1.165, 1.54) is 0 Å². The van der Waals surface area contributed by atoms with Crippen LogP contribution < -0.4 is 5.32 Å². The molecule has 1 saturated heterocycles. The van der Waals surface area contributed by atoms with E-state index in [0.717, 1.165) is 17.7 Å². The second-order valence-corrected chi connectivity index (χ2v) is 7.67. The van der Waals surface area contributed by atoms with Gasteiger partial charge in [-0.3, -0.25) is 0 Å². The molecule has 118 valence electrons. The summed E-state index contributed by atoms with van der Waals surface area (Å²) in [4.78, 5) is 2.63. The third kappa shape index (κ3) is 3.29. The number of piperazine rings is 1. The smallest absolute Gasteiger partial charge is 0.243 e. The van der Waals surface area contributed by atoms with Crippen molar-refractivity contribution >= 4 is 10.0 Å². The quantitative estimate of drug-likeness (QED) is 0.903. The van der Waals surface area contributed by atoms with Gasteiger partial charge in [0.1, 0.15) is 0 Å². The van der Waals surface area contributed by atoms with Crippen molar-refractivity contribution in [2.75, 3.05) is 33.7 Å². The minimum atomic E-state index is -3.41. The fraction of sp³-hybridized carbons (Fsp3) is 0.600. The fourth-order valence-electron chi connectivity index (χ4n) is 2.69. The molecule has 1 fully saturated rings. The van der Waals surface area contributed by atoms with Gasteiger partial charge in [0.15, 0.2) is 0 Å². The highest BCUT2D eigenvalue weighted by Crippen LogP contribution is 2.24. The largest absolute Gasteiger partial charge is 0.316 e. The first kappa shape index (κ1) is 16.4. The van der Waals surface area contributed by atoms with Crippen molar-refractivity contribution in [3.8, 4) is 0 Å². The van der Waals surface area contributed by atoms with Crippen LogP contribution in [0.15, 0.2) is 23.1 Å². The molecule has 6 heteroatoms. The second-order valence-electron chi connectivity index (χ2n) is 5.76. The Hall–Kier alpha value is -0.950. The predicted octanol–water partition coefficient (Wildman–Crippen LogP) is 1.04. The Morgan fingerprint density at radius 3 is 2.67 bits per heavy atom. The Balaban J connectivity index is 2.34. The maximum atomic E-state index is 12.9. The Morgan fingerprint density at radius 2 is 2.05 bits per heavy atom. The van der Waals surface area contributed by atoms with Gasteiger partial charge in [0, 0.05) is 32.2 Å². The Labute approximate surface area is 128 Å². The van der Waals surface area contributed by atoms with E-state index in [1.807, 2.05) is 33.2 Å². The summed E-state index contributed by atoms with van der Waals surface area (Å²) in [5.41, 5.74) is 1.87. The lowest BCUT2D eigenvalue weighted by molar-refractivity contribution is 0.159. The summed E-state index contributed by atoms with van der Waals surface area (Å²) in [5, 5.41) is 3.08. The minimum absolute atomic E-state index is 0.245. The van der Waals surface area contributed by atoms with Gasteiger partial charge in [0.2, 0.25) is 10.0 Å². The SMILES string of the molecule is CNCc1cccc(S(=O)(=O)N2CCN(C)C(C)C2)c1C. The van der Waals surface area contributed by atoms with E-state index in [2.05, 4.69) is 17.1 Å². The van der Waals surface area contributed by atoms with Gasteiger partial charge in [-0.05, 0) is 45.1 Å². The van der Waals surface area contributed by atoms with Gasteiger partial charge in [-0.15, -0.1) is 0 Å². The van der Waals surface area contributed by atoms with Crippen LogP contribution in [0.5, 0.6) is 0 Å². The van der Waals surface area contributed by atoms with Gasteiger partial charge in [0.05, 0.1) is 4.90 Å². The zero-order chi connectivity index (χ0) is 15.6. The topological polar surface area (TPSA) is 52.7 Å². The van der Waals surface area contributed by atoms with Crippen LogP contribution in [-0.2, 0) is 16.6 Å². The number of hydrogen-bond acceptors (Lipinski definition) is 4. The lowest BCUT2D eigenvalue weighted by Gasteiger charge is -2.37. The Bertz CT molecular complexity index is 601. The van der Waals surface area contributed by atoms with Gasteiger partial charge < -0.3 is 10.2 Å². The van der Waals surface area contributed by atoms with Crippen molar-refractivity contribution in [2.24, 2.45) is 0 Å². The van der Waals surface area contributed by atoms with Crippen LogP contribution in [0.2, 0.25) is 0 Å². The van der Waals surface area contributed by atoms with Gasteiger partial charge in [0.25, 0.3) is 0 Å². The summed E-state index contributed by atoms with van der Waals surface area (Å²) < 4.78 is 27.4. The number of rotatable bonds is 4. The molecular formula is C15H25N3O2S. The van der Waals surface area contributed by atoms with E-state index >= 15 is 0 Å². The van der Waals surface area contributed by atoms with Gasteiger partial charge in [-0.1, -0.05) is 12.1 Å². The van der Waals surface area contributed by atoms with Crippen LogP contribution in [0.3, 0.4) is 0 Å². The van der Waals surface area contributed by atoms with Crippen molar-refractivity contribution in [3.63, 3.8) is 0 Å². The zero-order valence-electron chi connectivity index (χ0n) is 13.3. The maximum Gasteiger partial charge on any atom is 0.243 e. The van der Waals surface area contributed by atoms with E-state index in [4.69, 9.17) is 0 Å². The standard InChI is InChI=1S/C15H25N3O2S/c1-12-11-18(9-8-17(12)4)21(19,20)15-7-5-6-14(10-16-3)13(15)2/h5-7,12,16H,8-11H2,1-4H3. The highest BCUT2D eigenvalue weighted by atomic mass is 32.2. The molecule has 0 radical (unpaired) electrons. The number of nitrogens with one attached hydrogen (secondary N) is 1. The third-order valence-corrected chi connectivity index (χ3v) is 6.31.